The molecule has 3 nitrogen and oxygen atoms in total. The van der Waals surface area contributed by atoms with Gasteiger partial charge in [0.1, 0.15) is 0 Å². The molecule has 1 saturated heterocycles. The SMILES string of the molecule is CC(C)c1ccc(NCC(=O)N2CCC(Cc3ccccc3)CC2)cc1. The number of nitrogens with one attached hydrogen (secondary N) is 1. The van der Waals surface area contributed by atoms with Crippen LogP contribution in [0.15, 0.2) is 54.6 Å². The van der Waals surface area contributed by atoms with Gasteiger partial charge >= 0.3 is 0 Å². The minimum atomic E-state index is 0.205. The first kappa shape index (κ1) is 18.5. The van der Waals surface area contributed by atoms with Crippen LogP contribution in [0.5, 0.6) is 0 Å². The second kappa shape index (κ2) is 8.88. The fourth-order valence-electron chi connectivity index (χ4n) is 3.61. The molecular weight excluding hydrogens is 320 g/mol. The van der Waals surface area contributed by atoms with E-state index in [1.165, 1.54) is 11.1 Å². The average molecular weight is 351 g/mol. The highest BCUT2D eigenvalue weighted by molar-refractivity contribution is 5.81. The van der Waals surface area contributed by atoms with Gasteiger partial charge < -0.3 is 10.2 Å². The predicted octanol–water partition coefficient (Wildman–Crippen LogP) is 4.70. The first-order valence-electron chi connectivity index (χ1n) is 9.77. The Morgan fingerprint density at radius 2 is 1.69 bits per heavy atom. The lowest BCUT2D eigenvalue weighted by atomic mass is 9.90. The van der Waals surface area contributed by atoms with E-state index >= 15 is 0 Å². The number of amides is 1. The number of nitrogens with zero attached hydrogens (tertiary/aromatic N) is 1. The van der Waals surface area contributed by atoms with Crippen molar-refractivity contribution in [2.75, 3.05) is 25.0 Å². The van der Waals surface area contributed by atoms with E-state index < -0.39 is 0 Å². The van der Waals surface area contributed by atoms with Gasteiger partial charge in [-0.05, 0) is 54.4 Å². The van der Waals surface area contributed by atoms with Crippen molar-refractivity contribution in [2.24, 2.45) is 5.92 Å². The molecule has 0 unspecified atom stereocenters. The number of rotatable bonds is 6. The molecule has 1 heterocycles. The molecule has 1 amide bonds. The second-order valence-corrected chi connectivity index (χ2v) is 7.64. The molecule has 1 N–H and O–H groups in total. The summed E-state index contributed by atoms with van der Waals surface area (Å²) in [5.74, 6) is 1.43. The summed E-state index contributed by atoms with van der Waals surface area (Å²) in [5.41, 5.74) is 3.74. The van der Waals surface area contributed by atoms with Gasteiger partial charge in [0.25, 0.3) is 0 Å². The smallest absolute Gasteiger partial charge is 0.241 e. The lowest BCUT2D eigenvalue weighted by Gasteiger charge is -2.32. The first-order valence-corrected chi connectivity index (χ1v) is 9.77. The molecule has 1 fully saturated rings. The molecule has 138 valence electrons. The van der Waals surface area contributed by atoms with E-state index in [4.69, 9.17) is 0 Å². The van der Waals surface area contributed by atoms with E-state index in [0.717, 1.165) is 38.0 Å². The average Bonchev–Trinajstić information content (AvgIpc) is 2.68. The fourth-order valence-corrected chi connectivity index (χ4v) is 3.61. The summed E-state index contributed by atoms with van der Waals surface area (Å²) in [7, 11) is 0. The highest BCUT2D eigenvalue weighted by Crippen LogP contribution is 2.22. The molecule has 0 spiro atoms. The second-order valence-electron chi connectivity index (χ2n) is 7.64. The van der Waals surface area contributed by atoms with Gasteiger partial charge in [-0.1, -0.05) is 56.3 Å². The van der Waals surface area contributed by atoms with Gasteiger partial charge in [-0.2, -0.15) is 0 Å². The summed E-state index contributed by atoms with van der Waals surface area (Å²) in [5, 5.41) is 3.27. The van der Waals surface area contributed by atoms with E-state index in [1.807, 2.05) is 4.90 Å². The highest BCUT2D eigenvalue weighted by atomic mass is 16.2. The summed E-state index contributed by atoms with van der Waals surface area (Å²) < 4.78 is 0. The normalized spacial score (nSPS) is 15.3. The van der Waals surface area contributed by atoms with E-state index in [0.29, 0.717) is 18.4 Å². The zero-order chi connectivity index (χ0) is 18.4. The predicted molar refractivity (Wildman–Crippen MR) is 108 cm³/mol. The number of hydrogen-bond acceptors (Lipinski definition) is 2. The van der Waals surface area contributed by atoms with Gasteiger partial charge in [0.2, 0.25) is 5.91 Å². The van der Waals surface area contributed by atoms with Crippen LogP contribution in [0.4, 0.5) is 5.69 Å². The van der Waals surface area contributed by atoms with Crippen molar-refractivity contribution in [3.63, 3.8) is 0 Å². The molecule has 0 atom stereocenters. The molecule has 1 aliphatic rings. The monoisotopic (exact) mass is 350 g/mol. The Hall–Kier alpha value is -2.29. The summed E-state index contributed by atoms with van der Waals surface area (Å²) >= 11 is 0. The van der Waals surface area contributed by atoms with Crippen LogP contribution in [0.25, 0.3) is 0 Å². The number of carbonyl (C=O) groups is 1. The van der Waals surface area contributed by atoms with Crippen LogP contribution in [0.2, 0.25) is 0 Å². The van der Waals surface area contributed by atoms with Gasteiger partial charge in [0.15, 0.2) is 0 Å². The van der Waals surface area contributed by atoms with Crippen LogP contribution in [0.1, 0.15) is 43.7 Å². The van der Waals surface area contributed by atoms with Crippen LogP contribution in [-0.4, -0.2) is 30.4 Å². The Kier molecular flexibility index (Phi) is 6.32. The van der Waals surface area contributed by atoms with E-state index in [9.17, 15) is 4.79 Å². The minimum absolute atomic E-state index is 0.205. The summed E-state index contributed by atoms with van der Waals surface area (Å²) in [4.78, 5) is 14.5. The van der Waals surface area contributed by atoms with Crippen LogP contribution in [0, 0.1) is 5.92 Å². The summed E-state index contributed by atoms with van der Waals surface area (Å²) in [6.07, 6.45) is 3.33. The number of likely N-dealkylation sites (tertiary alicyclic amines) is 1. The number of piperidine rings is 1. The minimum Gasteiger partial charge on any atom is -0.376 e. The standard InChI is InChI=1S/C23H30N2O/c1-18(2)21-8-10-22(11-9-21)24-17-23(26)25-14-12-20(13-15-25)16-19-6-4-3-5-7-19/h3-11,18,20,24H,12-17H2,1-2H3. The maximum Gasteiger partial charge on any atom is 0.241 e. The summed E-state index contributed by atoms with van der Waals surface area (Å²) in [6, 6.07) is 19.1. The zero-order valence-electron chi connectivity index (χ0n) is 15.9. The van der Waals surface area contributed by atoms with Gasteiger partial charge in [-0.3, -0.25) is 4.79 Å². The summed E-state index contributed by atoms with van der Waals surface area (Å²) in [6.45, 7) is 6.51. The molecule has 2 aromatic carbocycles. The molecule has 3 heteroatoms. The maximum absolute atomic E-state index is 12.5. The molecule has 0 radical (unpaired) electrons. The molecule has 0 bridgehead atoms. The third kappa shape index (κ3) is 5.10. The largest absolute Gasteiger partial charge is 0.376 e. The molecule has 0 aliphatic carbocycles. The van der Waals surface area contributed by atoms with Crippen LogP contribution in [0.3, 0.4) is 0 Å². The highest BCUT2D eigenvalue weighted by Gasteiger charge is 2.22. The third-order valence-corrected chi connectivity index (χ3v) is 5.36. The number of anilines is 1. The van der Waals surface area contributed by atoms with Crippen molar-refractivity contribution in [1.29, 1.82) is 0 Å². The molecule has 3 rings (SSSR count). The zero-order valence-corrected chi connectivity index (χ0v) is 15.9. The van der Waals surface area contributed by atoms with Crippen molar-refractivity contribution in [1.82, 2.24) is 4.90 Å². The Morgan fingerprint density at radius 1 is 1.04 bits per heavy atom. The Bertz CT molecular complexity index is 686. The number of benzene rings is 2. The van der Waals surface area contributed by atoms with Crippen molar-refractivity contribution in [3.8, 4) is 0 Å². The molecule has 0 saturated carbocycles. The lowest BCUT2D eigenvalue weighted by Crippen LogP contribution is -2.41. The van der Waals surface area contributed by atoms with Crippen molar-refractivity contribution >= 4 is 11.6 Å². The van der Waals surface area contributed by atoms with Crippen LogP contribution >= 0.6 is 0 Å². The van der Waals surface area contributed by atoms with Gasteiger partial charge in [0, 0.05) is 18.8 Å². The van der Waals surface area contributed by atoms with Crippen LogP contribution < -0.4 is 5.32 Å². The van der Waals surface area contributed by atoms with Crippen molar-refractivity contribution in [3.05, 3.63) is 65.7 Å². The van der Waals surface area contributed by atoms with E-state index in [-0.39, 0.29) is 5.91 Å². The maximum atomic E-state index is 12.5. The van der Waals surface area contributed by atoms with E-state index in [1.54, 1.807) is 0 Å². The lowest BCUT2D eigenvalue weighted by molar-refractivity contribution is -0.130. The Morgan fingerprint density at radius 3 is 2.31 bits per heavy atom. The van der Waals surface area contributed by atoms with Crippen LogP contribution in [-0.2, 0) is 11.2 Å². The first-order chi connectivity index (χ1) is 12.6. The quantitative estimate of drug-likeness (QED) is 0.819. The van der Waals surface area contributed by atoms with Gasteiger partial charge in [-0.25, -0.2) is 0 Å². The molecule has 1 aliphatic heterocycles. The van der Waals surface area contributed by atoms with Crippen molar-refractivity contribution in [2.45, 2.75) is 39.0 Å². The Labute approximate surface area is 157 Å². The third-order valence-electron chi connectivity index (χ3n) is 5.36. The van der Waals surface area contributed by atoms with E-state index in [2.05, 4.69) is 73.8 Å². The molecule has 2 aromatic rings. The van der Waals surface area contributed by atoms with Gasteiger partial charge in [-0.15, -0.1) is 0 Å². The van der Waals surface area contributed by atoms with Gasteiger partial charge in [0.05, 0.1) is 6.54 Å². The number of carbonyl (C=O) groups excluding carboxylic acids is 1. The van der Waals surface area contributed by atoms with Crippen molar-refractivity contribution < 1.29 is 4.79 Å². The molecular formula is C23H30N2O. The topological polar surface area (TPSA) is 32.3 Å². The molecule has 0 aromatic heterocycles. The fraction of sp³-hybridized carbons (Fsp3) is 0.435. The number of hydrogen-bond donors (Lipinski definition) is 1. The molecule has 26 heavy (non-hydrogen) atoms. The Balaban J connectivity index is 1.42.